The van der Waals surface area contributed by atoms with Crippen LogP contribution in [0, 0.1) is 6.92 Å². The number of unbranched alkanes of at least 4 members (excludes halogenated alkanes) is 1. The number of rotatable bonds is 11. The van der Waals surface area contributed by atoms with E-state index in [1.54, 1.807) is 50.2 Å². The number of carbonyl (C=O) groups excluding carboxylic acids is 2. The number of halogens is 2. The van der Waals surface area contributed by atoms with Crippen LogP contribution in [0.3, 0.4) is 0 Å². The van der Waals surface area contributed by atoms with Gasteiger partial charge in [-0.25, -0.2) is 8.42 Å². The molecule has 0 aliphatic carbocycles. The van der Waals surface area contributed by atoms with Gasteiger partial charge in [0.05, 0.1) is 11.9 Å². The van der Waals surface area contributed by atoms with Crippen molar-refractivity contribution in [1.29, 1.82) is 0 Å². The van der Waals surface area contributed by atoms with E-state index in [0.29, 0.717) is 22.2 Å². The van der Waals surface area contributed by atoms with E-state index in [0.717, 1.165) is 29.0 Å². The van der Waals surface area contributed by atoms with Gasteiger partial charge in [0, 0.05) is 23.1 Å². The smallest absolute Gasteiger partial charge is 0.244 e. The molecule has 1 atom stereocenters. The van der Waals surface area contributed by atoms with Gasteiger partial charge in [-0.1, -0.05) is 60.8 Å². The lowest BCUT2D eigenvalue weighted by atomic mass is 10.1. The van der Waals surface area contributed by atoms with Gasteiger partial charge in [-0.2, -0.15) is 0 Å². The zero-order valence-electron chi connectivity index (χ0n) is 19.8. The molecule has 34 heavy (non-hydrogen) atoms. The number of anilines is 1. The summed E-state index contributed by atoms with van der Waals surface area (Å²) in [6.07, 6.45) is 2.75. The Hall–Kier alpha value is -2.29. The Labute approximate surface area is 212 Å². The van der Waals surface area contributed by atoms with E-state index in [2.05, 4.69) is 5.32 Å². The van der Waals surface area contributed by atoms with Gasteiger partial charge in [-0.05, 0) is 49.6 Å². The Kier molecular flexibility index (Phi) is 10.2. The second-order valence-electron chi connectivity index (χ2n) is 8.14. The maximum atomic E-state index is 13.5. The largest absolute Gasteiger partial charge is 0.354 e. The van der Waals surface area contributed by atoms with Gasteiger partial charge in [0.1, 0.15) is 12.6 Å². The fraction of sp³-hybridized carbons (Fsp3) is 0.417. The van der Waals surface area contributed by atoms with E-state index in [1.807, 2.05) is 6.92 Å². The second-order valence-corrected chi connectivity index (χ2v) is 10.9. The quantitative estimate of drug-likeness (QED) is 0.438. The molecule has 7 nitrogen and oxygen atoms in total. The van der Waals surface area contributed by atoms with E-state index >= 15 is 0 Å². The predicted octanol–water partition coefficient (Wildman–Crippen LogP) is 4.40. The minimum atomic E-state index is -3.82. The number of amides is 2. The van der Waals surface area contributed by atoms with Crippen LogP contribution in [-0.2, 0) is 26.2 Å². The van der Waals surface area contributed by atoms with Crippen LogP contribution in [-0.4, -0.2) is 50.5 Å². The molecule has 0 aliphatic heterocycles. The summed E-state index contributed by atoms with van der Waals surface area (Å²) >= 11 is 12.5. The molecule has 0 bridgehead atoms. The summed E-state index contributed by atoms with van der Waals surface area (Å²) in [6.45, 7) is 5.48. The van der Waals surface area contributed by atoms with Crippen LogP contribution in [0.15, 0.2) is 42.5 Å². The van der Waals surface area contributed by atoms with E-state index in [9.17, 15) is 18.0 Å². The Morgan fingerprint density at radius 2 is 1.76 bits per heavy atom. The van der Waals surface area contributed by atoms with E-state index in [4.69, 9.17) is 23.2 Å². The molecular formula is C24H31Cl2N3O4S. The molecule has 2 aromatic carbocycles. The lowest BCUT2D eigenvalue weighted by Crippen LogP contribution is -2.51. The van der Waals surface area contributed by atoms with Gasteiger partial charge in [0.25, 0.3) is 0 Å². The van der Waals surface area contributed by atoms with Gasteiger partial charge in [0.2, 0.25) is 21.8 Å². The molecule has 0 aliphatic rings. The Morgan fingerprint density at radius 3 is 2.35 bits per heavy atom. The number of aryl methyl sites for hydroxylation is 1. The van der Waals surface area contributed by atoms with Crippen molar-refractivity contribution in [3.8, 4) is 0 Å². The van der Waals surface area contributed by atoms with Crippen molar-refractivity contribution in [3.63, 3.8) is 0 Å². The molecule has 0 aromatic heterocycles. The average molecular weight is 529 g/mol. The minimum Gasteiger partial charge on any atom is -0.354 e. The van der Waals surface area contributed by atoms with E-state index in [-0.39, 0.29) is 18.1 Å². The van der Waals surface area contributed by atoms with Crippen LogP contribution in [0.1, 0.15) is 37.8 Å². The molecule has 186 valence electrons. The monoisotopic (exact) mass is 527 g/mol. The fourth-order valence-corrected chi connectivity index (χ4v) is 4.49. The van der Waals surface area contributed by atoms with Gasteiger partial charge in [0.15, 0.2) is 0 Å². The first-order valence-corrected chi connectivity index (χ1v) is 13.6. The molecule has 1 N–H and O–H groups in total. The number of nitrogens with one attached hydrogen (secondary N) is 1. The van der Waals surface area contributed by atoms with Crippen molar-refractivity contribution < 1.29 is 18.0 Å². The van der Waals surface area contributed by atoms with Crippen LogP contribution in [0.25, 0.3) is 0 Å². The summed E-state index contributed by atoms with van der Waals surface area (Å²) in [6, 6.07) is 11.0. The third-order valence-corrected chi connectivity index (χ3v) is 7.33. The average Bonchev–Trinajstić information content (AvgIpc) is 2.77. The minimum absolute atomic E-state index is 0.0487. The Bertz CT molecular complexity index is 1120. The molecule has 0 spiro atoms. The summed E-state index contributed by atoms with van der Waals surface area (Å²) in [5.41, 5.74) is 1.70. The van der Waals surface area contributed by atoms with Gasteiger partial charge in [-0.3, -0.25) is 13.9 Å². The first-order chi connectivity index (χ1) is 16.0. The summed E-state index contributed by atoms with van der Waals surface area (Å²) in [7, 11) is -3.82. The lowest BCUT2D eigenvalue weighted by molar-refractivity contribution is -0.139. The molecule has 0 unspecified atom stereocenters. The highest BCUT2D eigenvalue weighted by molar-refractivity contribution is 7.92. The topological polar surface area (TPSA) is 86.8 Å². The molecule has 0 fully saturated rings. The third-order valence-electron chi connectivity index (χ3n) is 5.42. The van der Waals surface area contributed by atoms with Crippen molar-refractivity contribution in [2.75, 3.05) is 23.7 Å². The highest BCUT2D eigenvalue weighted by atomic mass is 35.5. The highest BCUT2D eigenvalue weighted by Gasteiger charge is 2.30. The molecule has 2 amide bonds. The normalized spacial score (nSPS) is 12.2. The first kappa shape index (κ1) is 28.0. The summed E-state index contributed by atoms with van der Waals surface area (Å²) in [5.74, 6) is -0.863. The summed E-state index contributed by atoms with van der Waals surface area (Å²) in [4.78, 5) is 27.6. The Morgan fingerprint density at radius 1 is 1.09 bits per heavy atom. The van der Waals surface area contributed by atoms with Gasteiger partial charge >= 0.3 is 0 Å². The maximum Gasteiger partial charge on any atom is 0.244 e. The van der Waals surface area contributed by atoms with Crippen LogP contribution >= 0.6 is 23.2 Å². The van der Waals surface area contributed by atoms with Gasteiger partial charge < -0.3 is 10.2 Å². The highest BCUT2D eigenvalue weighted by Crippen LogP contribution is 2.26. The molecule has 0 saturated carbocycles. The van der Waals surface area contributed by atoms with Crippen LogP contribution in [0.4, 0.5) is 5.69 Å². The third kappa shape index (κ3) is 7.61. The molecule has 0 saturated heterocycles. The number of sulfonamides is 1. The number of benzene rings is 2. The molecule has 2 rings (SSSR count). The maximum absolute atomic E-state index is 13.5. The van der Waals surface area contributed by atoms with E-state index < -0.39 is 28.5 Å². The summed E-state index contributed by atoms with van der Waals surface area (Å²) in [5, 5.41) is 3.67. The summed E-state index contributed by atoms with van der Waals surface area (Å²) < 4.78 is 26.2. The van der Waals surface area contributed by atoms with Gasteiger partial charge in [-0.15, -0.1) is 0 Å². The zero-order valence-corrected chi connectivity index (χ0v) is 22.2. The van der Waals surface area contributed by atoms with Crippen molar-refractivity contribution in [3.05, 3.63) is 63.6 Å². The van der Waals surface area contributed by atoms with E-state index in [1.165, 1.54) is 11.0 Å². The van der Waals surface area contributed by atoms with Crippen molar-refractivity contribution in [2.45, 2.75) is 46.2 Å². The SMILES string of the molecule is CCCCNC(=O)[C@H](C)N(Cc1ccccc1Cl)C(=O)CN(c1ccc(C)c(Cl)c1)S(C)(=O)=O. The van der Waals surface area contributed by atoms with Crippen molar-refractivity contribution in [2.24, 2.45) is 0 Å². The molecule has 10 heteroatoms. The second kappa shape index (κ2) is 12.4. The Balaban J connectivity index is 2.38. The van der Waals surface area contributed by atoms with Crippen molar-refractivity contribution >= 4 is 50.7 Å². The molecule has 2 aromatic rings. The van der Waals surface area contributed by atoms with Crippen LogP contribution < -0.4 is 9.62 Å². The van der Waals surface area contributed by atoms with Crippen molar-refractivity contribution in [1.82, 2.24) is 10.2 Å². The van der Waals surface area contributed by atoms with Crippen LogP contribution in [0.5, 0.6) is 0 Å². The predicted molar refractivity (Wildman–Crippen MR) is 138 cm³/mol. The zero-order chi connectivity index (χ0) is 25.5. The fourth-order valence-electron chi connectivity index (χ4n) is 3.28. The number of hydrogen-bond donors (Lipinski definition) is 1. The number of carbonyl (C=O) groups is 2. The number of hydrogen-bond acceptors (Lipinski definition) is 4. The molecule has 0 radical (unpaired) electrons. The molecule has 0 heterocycles. The standard InChI is InChI=1S/C24H31Cl2N3O4S/c1-5-6-13-27-24(31)18(3)28(15-19-9-7-8-10-21(19)25)23(30)16-29(34(4,32)33)20-12-11-17(2)22(26)14-20/h7-12,14,18H,5-6,13,15-16H2,1-4H3,(H,27,31)/t18-/m0/s1. The van der Waals surface area contributed by atoms with Crippen LogP contribution in [0.2, 0.25) is 10.0 Å². The number of nitrogens with zero attached hydrogens (tertiary/aromatic N) is 2. The molecular weight excluding hydrogens is 497 g/mol. The first-order valence-electron chi connectivity index (χ1n) is 11.0. The lowest BCUT2D eigenvalue weighted by Gasteiger charge is -2.31.